The van der Waals surface area contributed by atoms with Gasteiger partial charge in [0.05, 0.1) is 13.1 Å². The first-order valence-electron chi connectivity index (χ1n) is 16.2. The Labute approximate surface area is 217 Å². The van der Waals surface area contributed by atoms with Crippen LogP contribution in [0.5, 0.6) is 0 Å². The number of rotatable bonds is 29. The maximum absolute atomic E-state index is 12.0. The molecule has 0 fully saturated rings. The van der Waals surface area contributed by atoms with Crippen molar-refractivity contribution in [2.45, 2.75) is 200 Å². The van der Waals surface area contributed by atoms with Crippen LogP contribution >= 0.6 is 0 Å². The van der Waals surface area contributed by atoms with E-state index in [1.807, 2.05) is 7.05 Å². The molecule has 2 unspecified atom stereocenters. The molecule has 2 heteroatoms. The van der Waals surface area contributed by atoms with Gasteiger partial charge in [0.2, 0.25) is 0 Å². The van der Waals surface area contributed by atoms with E-state index in [4.69, 9.17) is 0 Å². The van der Waals surface area contributed by atoms with Gasteiger partial charge < -0.3 is 10.3 Å². The van der Waals surface area contributed by atoms with Crippen LogP contribution in [0.3, 0.4) is 0 Å². The van der Waals surface area contributed by atoms with Gasteiger partial charge in [-0.1, -0.05) is 168 Å². The normalized spacial score (nSPS) is 13.4. The van der Waals surface area contributed by atoms with E-state index in [1.165, 1.54) is 167 Å². The Morgan fingerprint density at radius 3 is 0.794 bits per heavy atom. The quantitative estimate of drug-likeness (QED) is 0.0834. The highest BCUT2D eigenvalue weighted by molar-refractivity contribution is 4.59. The number of quaternary nitrogens is 1. The van der Waals surface area contributed by atoms with Gasteiger partial charge in [-0.2, -0.15) is 0 Å². The van der Waals surface area contributed by atoms with Gasteiger partial charge in [0, 0.05) is 0 Å². The molecule has 0 aromatic carbocycles. The van der Waals surface area contributed by atoms with E-state index in [0.29, 0.717) is 11.1 Å². The standard InChI is InChI=1S/C32H67NO/c1-4-6-8-10-12-14-15-16-17-18-19-20-21-23-25-27-29-31-32(33(3)34)30-28-26-24-22-13-11-9-7-5-2/h32-33H,4-31H2,1-3H3. The highest BCUT2D eigenvalue weighted by Gasteiger charge is 2.11. The first-order valence-corrected chi connectivity index (χ1v) is 16.2. The zero-order valence-electron chi connectivity index (χ0n) is 24.3. The third-order valence-electron chi connectivity index (χ3n) is 7.89. The molecule has 0 heterocycles. The highest BCUT2D eigenvalue weighted by Crippen LogP contribution is 2.16. The largest absolute Gasteiger partial charge is 0.634 e. The molecule has 0 amide bonds. The fraction of sp³-hybridized carbons (Fsp3) is 1.00. The number of unbranched alkanes of at least 4 members (excludes halogenated alkanes) is 24. The minimum absolute atomic E-state index is 0.348. The molecule has 2 atom stereocenters. The first kappa shape index (κ1) is 33.9. The highest BCUT2D eigenvalue weighted by atomic mass is 16.5. The predicted molar refractivity (Wildman–Crippen MR) is 155 cm³/mol. The van der Waals surface area contributed by atoms with Gasteiger partial charge in [0.1, 0.15) is 0 Å². The Morgan fingerprint density at radius 1 is 0.382 bits per heavy atom. The monoisotopic (exact) mass is 482 g/mol. The molecule has 0 bridgehead atoms. The van der Waals surface area contributed by atoms with E-state index in [-0.39, 0.29) is 0 Å². The number of nitrogens with one attached hydrogen (secondary N) is 1. The second-order valence-corrected chi connectivity index (χ2v) is 11.4. The molecule has 0 aromatic heterocycles. The molecule has 0 aliphatic rings. The molecular formula is C32H67NO. The SMILES string of the molecule is CCCCCCCCCCCCCCCCCCCC(CCCCCCCCCCC)[NH+](C)[O-]. The molecular weight excluding hydrogens is 414 g/mol. The van der Waals surface area contributed by atoms with Gasteiger partial charge >= 0.3 is 0 Å². The van der Waals surface area contributed by atoms with Gasteiger partial charge in [-0.15, -0.1) is 0 Å². The summed E-state index contributed by atoms with van der Waals surface area (Å²) >= 11 is 0. The summed E-state index contributed by atoms with van der Waals surface area (Å²) in [6.45, 7) is 4.58. The fourth-order valence-electron chi connectivity index (χ4n) is 5.37. The Balaban J connectivity index is 3.36. The van der Waals surface area contributed by atoms with Crippen LogP contribution in [-0.4, -0.2) is 13.1 Å². The molecule has 0 aromatic rings. The summed E-state index contributed by atoms with van der Waals surface area (Å²) in [5.41, 5.74) is 0. The molecule has 0 aliphatic carbocycles. The molecule has 206 valence electrons. The zero-order chi connectivity index (χ0) is 25.0. The third kappa shape index (κ3) is 26.5. The minimum Gasteiger partial charge on any atom is -0.634 e. The van der Waals surface area contributed by atoms with Crippen molar-refractivity contribution in [2.24, 2.45) is 0 Å². The van der Waals surface area contributed by atoms with Gasteiger partial charge in [-0.05, 0) is 25.7 Å². The molecule has 0 rings (SSSR count). The molecule has 0 saturated heterocycles. The number of hydroxylamine groups is 2. The van der Waals surface area contributed by atoms with Crippen molar-refractivity contribution >= 4 is 0 Å². The van der Waals surface area contributed by atoms with Crippen molar-refractivity contribution in [1.82, 2.24) is 0 Å². The second kappa shape index (κ2) is 29.2. The van der Waals surface area contributed by atoms with Crippen LogP contribution in [0, 0.1) is 5.21 Å². The minimum atomic E-state index is 0.348. The summed E-state index contributed by atoms with van der Waals surface area (Å²) in [6, 6.07) is 0.348. The summed E-state index contributed by atoms with van der Waals surface area (Å²) in [5, 5.41) is 12.5. The molecule has 34 heavy (non-hydrogen) atoms. The van der Waals surface area contributed by atoms with Gasteiger partial charge in [0.25, 0.3) is 0 Å². The average molecular weight is 482 g/mol. The lowest BCUT2D eigenvalue weighted by atomic mass is 9.99. The van der Waals surface area contributed by atoms with E-state index in [2.05, 4.69) is 13.8 Å². The first-order chi connectivity index (χ1) is 16.7. The van der Waals surface area contributed by atoms with Gasteiger partial charge in [-0.25, -0.2) is 0 Å². The summed E-state index contributed by atoms with van der Waals surface area (Å²) < 4.78 is 0. The summed E-state index contributed by atoms with van der Waals surface area (Å²) in [6.07, 6.45) is 38.8. The molecule has 0 radical (unpaired) electrons. The average Bonchev–Trinajstić information content (AvgIpc) is 2.83. The van der Waals surface area contributed by atoms with Gasteiger partial charge in [-0.3, -0.25) is 0 Å². The van der Waals surface area contributed by atoms with Crippen LogP contribution in [0.15, 0.2) is 0 Å². The van der Waals surface area contributed by atoms with Crippen molar-refractivity contribution in [3.05, 3.63) is 5.21 Å². The summed E-state index contributed by atoms with van der Waals surface area (Å²) in [7, 11) is 1.83. The van der Waals surface area contributed by atoms with E-state index in [1.54, 1.807) is 0 Å². The Kier molecular flexibility index (Phi) is 29.1. The van der Waals surface area contributed by atoms with Crippen molar-refractivity contribution in [1.29, 1.82) is 0 Å². The van der Waals surface area contributed by atoms with Crippen molar-refractivity contribution in [3.63, 3.8) is 0 Å². The van der Waals surface area contributed by atoms with E-state index in [0.717, 1.165) is 12.8 Å². The van der Waals surface area contributed by atoms with E-state index >= 15 is 0 Å². The van der Waals surface area contributed by atoms with E-state index < -0.39 is 0 Å². The summed E-state index contributed by atoms with van der Waals surface area (Å²) in [5.74, 6) is 0. The van der Waals surface area contributed by atoms with Crippen LogP contribution < -0.4 is 5.06 Å². The van der Waals surface area contributed by atoms with Crippen molar-refractivity contribution in [2.75, 3.05) is 7.05 Å². The molecule has 1 N–H and O–H groups in total. The number of hydrogen-bond donors (Lipinski definition) is 1. The lowest BCUT2D eigenvalue weighted by Crippen LogP contribution is -3.08. The number of hydrogen-bond acceptors (Lipinski definition) is 1. The van der Waals surface area contributed by atoms with Crippen LogP contribution in [-0.2, 0) is 0 Å². The van der Waals surface area contributed by atoms with Crippen LogP contribution in [0.1, 0.15) is 194 Å². The molecule has 2 nitrogen and oxygen atoms in total. The Bertz CT molecular complexity index is 357. The fourth-order valence-corrected chi connectivity index (χ4v) is 5.37. The molecule has 0 aliphatic heterocycles. The second-order valence-electron chi connectivity index (χ2n) is 11.4. The lowest BCUT2D eigenvalue weighted by molar-refractivity contribution is -0.855. The molecule has 0 saturated carbocycles. The maximum atomic E-state index is 12.0. The zero-order valence-corrected chi connectivity index (χ0v) is 24.3. The summed E-state index contributed by atoms with van der Waals surface area (Å²) in [4.78, 5) is 0. The van der Waals surface area contributed by atoms with Crippen LogP contribution in [0.4, 0.5) is 0 Å². The topological polar surface area (TPSA) is 27.5 Å². The predicted octanol–water partition coefficient (Wildman–Crippen LogP) is 10.3. The van der Waals surface area contributed by atoms with E-state index in [9.17, 15) is 5.21 Å². The van der Waals surface area contributed by atoms with Crippen molar-refractivity contribution in [3.8, 4) is 0 Å². The Morgan fingerprint density at radius 2 is 0.588 bits per heavy atom. The Hall–Kier alpha value is -0.0800. The van der Waals surface area contributed by atoms with Crippen LogP contribution in [0.2, 0.25) is 0 Å². The van der Waals surface area contributed by atoms with Crippen LogP contribution in [0.25, 0.3) is 0 Å². The molecule has 0 spiro atoms. The smallest absolute Gasteiger partial charge is 0.0869 e. The lowest BCUT2D eigenvalue weighted by Gasteiger charge is -2.28. The third-order valence-corrected chi connectivity index (χ3v) is 7.89. The van der Waals surface area contributed by atoms with Gasteiger partial charge in [0.15, 0.2) is 0 Å². The van der Waals surface area contributed by atoms with Crippen molar-refractivity contribution < 1.29 is 5.06 Å². The maximum Gasteiger partial charge on any atom is 0.0869 e.